The zero-order valence-corrected chi connectivity index (χ0v) is 14.3. The van der Waals surface area contributed by atoms with Crippen molar-refractivity contribution < 1.29 is 24.2 Å². The Morgan fingerprint density at radius 3 is 2.40 bits per heavy atom. The normalized spacial score (nSPS) is 16.0. The molecule has 2 rings (SSSR count). The fourth-order valence-corrected chi connectivity index (χ4v) is 2.85. The number of hydrogen-bond donors (Lipinski definition) is 3. The molecule has 0 aliphatic carbocycles. The second-order valence-electron chi connectivity index (χ2n) is 6.25. The molecule has 3 N–H and O–H groups in total. The van der Waals surface area contributed by atoms with Crippen molar-refractivity contribution in [3.8, 4) is 0 Å². The van der Waals surface area contributed by atoms with E-state index in [9.17, 15) is 14.4 Å². The first-order valence-corrected chi connectivity index (χ1v) is 8.46. The largest absolute Gasteiger partial charge is 0.481 e. The van der Waals surface area contributed by atoms with E-state index in [4.69, 9.17) is 9.84 Å². The Morgan fingerprint density at radius 2 is 1.80 bits per heavy atom. The Hall–Kier alpha value is -2.41. The summed E-state index contributed by atoms with van der Waals surface area (Å²) in [4.78, 5) is 35.8. The van der Waals surface area contributed by atoms with Crippen molar-refractivity contribution >= 4 is 17.8 Å². The fourth-order valence-electron chi connectivity index (χ4n) is 2.85. The maximum absolute atomic E-state index is 12.6. The van der Waals surface area contributed by atoms with Crippen LogP contribution < -0.4 is 10.6 Å². The highest BCUT2D eigenvalue weighted by Gasteiger charge is 2.36. The zero-order chi connectivity index (χ0) is 18.3. The van der Waals surface area contributed by atoms with Crippen molar-refractivity contribution in [1.29, 1.82) is 0 Å². The van der Waals surface area contributed by atoms with Crippen LogP contribution >= 0.6 is 0 Å². The van der Waals surface area contributed by atoms with E-state index in [1.807, 2.05) is 6.92 Å². The molecule has 1 heterocycles. The maximum atomic E-state index is 12.6. The third kappa shape index (κ3) is 5.29. The molecule has 25 heavy (non-hydrogen) atoms. The van der Waals surface area contributed by atoms with E-state index in [0.717, 1.165) is 6.42 Å². The van der Waals surface area contributed by atoms with Gasteiger partial charge in [0.1, 0.15) is 0 Å². The molecule has 0 aromatic heterocycles. The molecule has 1 saturated heterocycles. The summed E-state index contributed by atoms with van der Waals surface area (Å²) in [5.41, 5.74) is -0.0810. The van der Waals surface area contributed by atoms with Gasteiger partial charge in [0.05, 0.1) is 12.0 Å². The molecule has 0 spiro atoms. The molecule has 0 radical (unpaired) electrons. The summed E-state index contributed by atoms with van der Waals surface area (Å²) in [6, 6.07) is 6.42. The average molecular weight is 348 g/mol. The van der Waals surface area contributed by atoms with Gasteiger partial charge in [0, 0.05) is 30.9 Å². The summed E-state index contributed by atoms with van der Waals surface area (Å²) in [5, 5.41) is 14.8. The van der Waals surface area contributed by atoms with Crippen LogP contribution in [-0.2, 0) is 9.53 Å². The van der Waals surface area contributed by atoms with Crippen molar-refractivity contribution in [1.82, 2.24) is 10.6 Å². The lowest BCUT2D eigenvalue weighted by Crippen LogP contribution is -2.53. The van der Waals surface area contributed by atoms with Crippen LogP contribution in [0.1, 0.15) is 53.3 Å². The molecular weight excluding hydrogens is 324 g/mol. The summed E-state index contributed by atoms with van der Waals surface area (Å²) in [6.45, 7) is 3.34. The second kappa shape index (κ2) is 8.62. The Labute approximate surface area is 146 Å². The molecule has 1 aliphatic heterocycles. The predicted octanol–water partition coefficient (Wildman–Crippen LogP) is 1.58. The number of carbonyl (C=O) groups is 3. The summed E-state index contributed by atoms with van der Waals surface area (Å²) in [6.07, 6.45) is 1.56. The molecule has 0 bridgehead atoms. The molecule has 1 aromatic rings. The number of hydrogen-bond acceptors (Lipinski definition) is 4. The number of ether oxygens (including phenoxy) is 1. The van der Waals surface area contributed by atoms with E-state index in [-0.39, 0.29) is 18.2 Å². The summed E-state index contributed by atoms with van der Waals surface area (Å²) in [5.74, 6) is -1.58. The molecular formula is C18H24N2O5. The van der Waals surface area contributed by atoms with Crippen molar-refractivity contribution in [2.24, 2.45) is 0 Å². The molecule has 0 saturated carbocycles. The quantitative estimate of drug-likeness (QED) is 0.694. The van der Waals surface area contributed by atoms with Gasteiger partial charge in [-0.2, -0.15) is 0 Å². The zero-order valence-electron chi connectivity index (χ0n) is 14.3. The highest BCUT2D eigenvalue weighted by atomic mass is 16.5. The molecule has 1 fully saturated rings. The van der Waals surface area contributed by atoms with E-state index in [0.29, 0.717) is 43.7 Å². The SMILES string of the molecule is CCCNC(=O)c1cccc(C(=O)NC2(CC(=O)O)CCOCC2)c1. The lowest BCUT2D eigenvalue weighted by molar-refractivity contribution is -0.139. The lowest BCUT2D eigenvalue weighted by Gasteiger charge is -2.36. The Morgan fingerprint density at radius 1 is 1.16 bits per heavy atom. The summed E-state index contributed by atoms with van der Waals surface area (Å²) in [7, 11) is 0. The fraction of sp³-hybridized carbons (Fsp3) is 0.500. The highest BCUT2D eigenvalue weighted by molar-refractivity contribution is 6.00. The van der Waals surface area contributed by atoms with Crippen LogP contribution in [-0.4, -0.2) is 48.2 Å². The number of rotatable bonds is 7. The Bertz CT molecular complexity index is 638. The molecule has 7 heteroatoms. The molecule has 136 valence electrons. The van der Waals surface area contributed by atoms with E-state index >= 15 is 0 Å². The number of carboxylic acids is 1. The topological polar surface area (TPSA) is 105 Å². The highest BCUT2D eigenvalue weighted by Crippen LogP contribution is 2.25. The second-order valence-corrected chi connectivity index (χ2v) is 6.25. The first-order chi connectivity index (χ1) is 12.0. The third-order valence-corrected chi connectivity index (χ3v) is 4.24. The van der Waals surface area contributed by atoms with Crippen LogP contribution in [0.4, 0.5) is 0 Å². The molecule has 7 nitrogen and oxygen atoms in total. The van der Waals surface area contributed by atoms with E-state index in [1.54, 1.807) is 18.2 Å². The van der Waals surface area contributed by atoms with Crippen LogP contribution in [0.5, 0.6) is 0 Å². The van der Waals surface area contributed by atoms with Gasteiger partial charge in [-0.15, -0.1) is 0 Å². The van der Waals surface area contributed by atoms with Crippen LogP contribution in [0.3, 0.4) is 0 Å². The van der Waals surface area contributed by atoms with Gasteiger partial charge in [-0.1, -0.05) is 13.0 Å². The number of benzene rings is 1. The number of nitrogens with one attached hydrogen (secondary N) is 2. The smallest absolute Gasteiger partial charge is 0.305 e. The molecule has 1 aromatic carbocycles. The molecule has 2 amide bonds. The molecule has 1 aliphatic rings. The number of amides is 2. The number of carbonyl (C=O) groups excluding carboxylic acids is 2. The first kappa shape index (κ1) is 18.9. The summed E-state index contributed by atoms with van der Waals surface area (Å²) < 4.78 is 5.28. The Kier molecular flexibility index (Phi) is 6.52. The lowest BCUT2D eigenvalue weighted by atomic mass is 9.86. The molecule has 0 unspecified atom stereocenters. The van der Waals surface area contributed by atoms with Crippen LogP contribution in [0.2, 0.25) is 0 Å². The van der Waals surface area contributed by atoms with Crippen molar-refractivity contribution in [3.05, 3.63) is 35.4 Å². The minimum atomic E-state index is -0.963. The maximum Gasteiger partial charge on any atom is 0.305 e. The van der Waals surface area contributed by atoms with Gasteiger partial charge in [-0.3, -0.25) is 14.4 Å². The van der Waals surface area contributed by atoms with Crippen LogP contribution in [0, 0.1) is 0 Å². The van der Waals surface area contributed by atoms with Gasteiger partial charge in [-0.25, -0.2) is 0 Å². The predicted molar refractivity (Wildman–Crippen MR) is 91.6 cm³/mol. The Balaban J connectivity index is 2.13. The average Bonchev–Trinajstić information content (AvgIpc) is 2.59. The summed E-state index contributed by atoms with van der Waals surface area (Å²) >= 11 is 0. The third-order valence-electron chi connectivity index (χ3n) is 4.24. The minimum Gasteiger partial charge on any atom is -0.481 e. The van der Waals surface area contributed by atoms with Crippen LogP contribution in [0.15, 0.2) is 24.3 Å². The minimum absolute atomic E-state index is 0.154. The van der Waals surface area contributed by atoms with Gasteiger partial charge in [0.2, 0.25) is 0 Å². The van der Waals surface area contributed by atoms with Crippen LogP contribution in [0.25, 0.3) is 0 Å². The van der Waals surface area contributed by atoms with Crippen molar-refractivity contribution in [2.45, 2.75) is 38.1 Å². The van der Waals surface area contributed by atoms with Crippen molar-refractivity contribution in [2.75, 3.05) is 19.8 Å². The van der Waals surface area contributed by atoms with Gasteiger partial charge < -0.3 is 20.5 Å². The van der Waals surface area contributed by atoms with Gasteiger partial charge in [-0.05, 0) is 37.5 Å². The van der Waals surface area contributed by atoms with Gasteiger partial charge >= 0.3 is 5.97 Å². The van der Waals surface area contributed by atoms with Gasteiger partial charge in [0.15, 0.2) is 0 Å². The first-order valence-electron chi connectivity index (χ1n) is 8.46. The van der Waals surface area contributed by atoms with E-state index in [2.05, 4.69) is 10.6 Å². The monoisotopic (exact) mass is 348 g/mol. The van der Waals surface area contributed by atoms with Crippen molar-refractivity contribution in [3.63, 3.8) is 0 Å². The number of aliphatic carboxylic acids is 1. The molecule has 0 atom stereocenters. The van der Waals surface area contributed by atoms with E-state index in [1.165, 1.54) is 6.07 Å². The standard InChI is InChI=1S/C18H24N2O5/c1-2-8-19-16(23)13-4-3-5-14(11-13)17(24)20-18(12-15(21)22)6-9-25-10-7-18/h3-5,11H,2,6-10,12H2,1H3,(H,19,23)(H,20,24)(H,21,22). The van der Waals surface area contributed by atoms with Gasteiger partial charge in [0.25, 0.3) is 11.8 Å². The van der Waals surface area contributed by atoms with E-state index < -0.39 is 11.5 Å². The number of carboxylic acid groups (broad SMARTS) is 1.